The topological polar surface area (TPSA) is 40.6 Å². The van der Waals surface area contributed by atoms with Gasteiger partial charge in [0.1, 0.15) is 5.82 Å². The molecule has 4 nitrogen and oxygen atoms in total. The van der Waals surface area contributed by atoms with Crippen LogP contribution in [-0.4, -0.2) is 43.8 Å². The molecule has 1 aromatic carbocycles. The predicted molar refractivity (Wildman–Crippen MR) is 100 cm³/mol. The van der Waals surface area contributed by atoms with Crippen LogP contribution in [0.15, 0.2) is 43.5 Å². The van der Waals surface area contributed by atoms with E-state index in [0.29, 0.717) is 26.2 Å². The van der Waals surface area contributed by atoms with Gasteiger partial charge < -0.3 is 0 Å². The summed E-state index contributed by atoms with van der Waals surface area (Å²) in [6, 6.07) is 7.75. The number of sulfonamides is 1. The maximum absolute atomic E-state index is 13.2. The molecule has 1 saturated heterocycles. The zero-order valence-electron chi connectivity index (χ0n) is 12.6. The van der Waals surface area contributed by atoms with Crippen LogP contribution in [-0.2, 0) is 16.6 Å². The number of benzene rings is 1. The molecule has 2 aromatic rings. The Bertz CT molecular complexity index is 834. The Labute approximate surface area is 161 Å². The lowest BCUT2D eigenvalue weighted by molar-refractivity contribution is 0.183. The van der Waals surface area contributed by atoms with Crippen LogP contribution in [0.25, 0.3) is 0 Å². The van der Waals surface area contributed by atoms with E-state index in [1.165, 1.54) is 27.4 Å². The zero-order chi connectivity index (χ0) is 17.3. The van der Waals surface area contributed by atoms with Crippen molar-refractivity contribution in [3.8, 4) is 0 Å². The van der Waals surface area contributed by atoms with Crippen LogP contribution in [0.3, 0.4) is 0 Å². The fourth-order valence-electron chi connectivity index (χ4n) is 2.61. The first-order valence-corrected chi connectivity index (χ1v) is 11.1. The third-order valence-electron chi connectivity index (χ3n) is 3.85. The van der Waals surface area contributed by atoms with Gasteiger partial charge in [0.25, 0.3) is 0 Å². The van der Waals surface area contributed by atoms with Gasteiger partial charge in [0, 0.05) is 42.1 Å². The number of rotatable bonds is 4. The van der Waals surface area contributed by atoms with Gasteiger partial charge in [0.15, 0.2) is 0 Å². The third-order valence-corrected chi connectivity index (χ3v) is 8.34. The van der Waals surface area contributed by atoms with E-state index in [1.807, 2.05) is 6.07 Å². The second-order valence-corrected chi connectivity index (χ2v) is 10.8. The second kappa shape index (κ2) is 7.51. The van der Waals surface area contributed by atoms with E-state index in [1.54, 1.807) is 11.3 Å². The highest BCUT2D eigenvalue weighted by Crippen LogP contribution is 2.27. The summed E-state index contributed by atoms with van der Waals surface area (Å²) in [5, 5.41) is 0. The van der Waals surface area contributed by atoms with Crippen molar-refractivity contribution in [2.45, 2.75) is 11.4 Å². The first-order chi connectivity index (χ1) is 11.4. The molecule has 1 fully saturated rings. The maximum Gasteiger partial charge on any atom is 0.244 e. The van der Waals surface area contributed by atoms with Gasteiger partial charge in [-0.25, -0.2) is 12.8 Å². The summed E-state index contributed by atoms with van der Waals surface area (Å²) in [4.78, 5) is 3.60. The molecular formula is C15H15Br2FN2O2S2. The molecule has 2 heterocycles. The Morgan fingerprint density at radius 1 is 1.08 bits per heavy atom. The van der Waals surface area contributed by atoms with Gasteiger partial charge in [-0.2, -0.15) is 4.31 Å². The van der Waals surface area contributed by atoms with Gasteiger partial charge in [-0.05, 0) is 62.2 Å². The van der Waals surface area contributed by atoms with Crippen LogP contribution in [0, 0.1) is 5.82 Å². The fourth-order valence-corrected chi connectivity index (χ4v) is 6.57. The molecule has 24 heavy (non-hydrogen) atoms. The second-order valence-electron chi connectivity index (χ2n) is 5.46. The van der Waals surface area contributed by atoms with E-state index < -0.39 is 15.8 Å². The van der Waals surface area contributed by atoms with Crippen molar-refractivity contribution in [2.24, 2.45) is 0 Å². The Kier molecular flexibility index (Phi) is 5.78. The smallest absolute Gasteiger partial charge is 0.244 e. The normalized spacial score (nSPS) is 17.3. The molecule has 1 aromatic heterocycles. The molecule has 0 saturated carbocycles. The monoisotopic (exact) mass is 496 g/mol. The highest BCUT2D eigenvalue weighted by atomic mass is 79.9. The molecule has 130 valence electrons. The van der Waals surface area contributed by atoms with Gasteiger partial charge in [-0.3, -0.25) is 4.90 Å². The van der Waals surface area contributed by atoms with Crippen molar-refractivity contribution in [1.82, 2.24) is 9.21 Å². The minimum Gasteiger partial charge on any atom is -0.296 e. The minimum atomic E-state index is -3.61. The Hall–Kier alpha value is -0.320. The van der Waals surface area contributed by atoms with E-state index in [4.69, 9.17) is 0 Å². The fraction of sp³-hybridized carbons (Fsp3) is 0.333. The van der Waals surface area contributed by atoms with Gasteiger partial charge in [0.2, 0.25) is 10.0 Å². The number of piperazine rings is 1. The molecule has 3 rings (SSSR count). The minimum absolute atomic E-state index is 0.111. The summed E-state index contributed by atoms with van der Waals surface area (Å²) in [5.41, 5.74) is 0. The van der Waals surface area contributed by atoms with Crippen LogP contribution >= 0.6 is 43.2 Å². The molecule has 1 aliphatic rings. The van der Waals surface area contributed by atoms with Gasteiger partial charge in [-0.1, -0.05) is 0 Å². The molecule has 0 amide bonds. The van der Waals surface area contributed by atoms with E-state index in [-0.39, 0.29) is 9.37 Å². The van der Waals surface area contributed by atoms with Crippen molar-refractivity contribution >= 4 is 53.2 Å². The number of thiophene rings is 1. The highest BCUT2D eigenvalue weighted by Gasteiger charge is 2.30. The van der Waals surface area contributed by atoms with E-state index in [0.717, 1.165) is 10.3 Å². The van der Waals surface area contributed by atoms with Crippen molar-refractivity contribution in [3.05, 3.63) is 49.3 Å². The van der Waals surface area contributed by atoms with Crippen molar-refractivity contribution in [3.63, 3.8) is 0 Å². The number of halogens is 3. The van der Waals surface area contributed by atoms with Gasteiger partial charge in [-0.15, -0.1) is 11.3 Å². The summed E-state index contributed by atoms with van der Waals surface area (Å²) in [6.45, 7) is 3.03. The Morgan fingerprint density at radius 3 is 2.38 bits per heavy atom. The third kappa shape index (κ3) is 4.08. The lowest BCUT2D eigenvalue weighted by Gasteiger charge is -2.33. The van der Waals surface area contributed by atoms with Crippen LogP contribution in [0.1, 0.15) is 4.88 Å². The first-order valence-electron chi connectivity index (χ1n) is 7.28. The van der Waals surface area contributed by atoms with Gasteiger partial charge in [0.05, 0.1) is 8.68 Å². The first kappa shape index (κ1) is 18.5. The summed E-state index contributed by atoms with van der Waals surface area (Å²) in [7, 11) is -3.61. The van der Waals surface area contributed by atoms with E-state index in [2.05, 4.69) is 42.8 Å². The molecule has 0 bridgehead atoms. The standard InChI is InChI=1S/C15H15Br2FN2O2S2/c16-13-9-11(18)1-3-14(13)24(21,22)20-7-5-19(6-8-20)10-12-2-4-15(17)23-12/h1-4,9H,5-8,10H2. The van der Waals surface area contributed by atoms with Crippen LogP contribution in [0.4, 0.5) is 4.39 Å². The summed E-state index contributed by atoms with van der Waals surface area (Å²) >= 11 is 8.29. The van der Waals surface area contributed by atoms with Crippen LogP contribution in [0.5, 0.6) is 0 Å². The number of nitrogens with zero attached hydrogens (tertiary/aromatic N) is 2. The number of hydrogen-bond acceptors (Lipinski definition) is 4. The molecule has 0 unspecified atom stereocenters. The average Bonchev–Trinajstić information content (AvgIpc) is 2.92. The highest BCUT2D eigenvalue weighted by molar-refractivity contribution is 9.11. The zero-order valence-corrected chi connectivity index (χ0v) is 17.4. The van der Waals surface area contributed by atoms with Crippen molar-refractivity contribution in [1.29, 1.82) is 0 Å². The number of hydrogen-bond donors (Lipinski definition) is 0. The molecule has 9 heteroatoms. The molecule has 0 aliphatic carbocycles. The summed E-state index contributed by atoms with van der Waals surface area (Å²) in [5.74, 6) is -0.465. The Balaban J connectivity index is 1.67. The van der Waals surface area contributed by atoms with Crippen LogP contribution in [0.2, 0.25) is 0 Å². The molecular weight excluding hydrogens is 483 g/mol. The van der Waals surface area contributed by atoms with E-state index >= 15 is 0 Å². The van der Waals surface area contributed by atoms with E-state index in [9.17, 15) is 12.8 Å². The maximum atomic E-state index is 13.2. The molecule has 1 aliphatic heterocycles. The van der Waals surface area contributed by atoms with Gasteiger partial charge >= 0.3 is 0 Å². The van der Waals surface area contributed by atoms with Crippen molar-refractivity contribution in [2.75, 3.05) is 26.2 Å². The SMILES string of the molecule is O=S(=O)(c1ccc(F)cc1Br)N1CCN(Cc2ccc(Br)s2)CC1. The largest absolute Gasteiger partial charge is 0.296 e. The quantitative estimate of drug-likeness (QED) is 0.642. The molecule has 0 N–H and O–H groups in total. The molecule has 0 radical (unpaired) electrons. The average molecular weight is 498 g/mol. The van der Waals surface area contributed by atoms with Crippen LogP contribution < -0.4 is 0 Å². The summed E-state index contributed by atoms with van der Waals surface area (Å²) in [6.07, 6.45) is 0. The Morgan fingerprint density at radius 2 is 1.79 bits per heavy atom. The summed E-state index contributed by atoms with van der Waals surface area (Å²) < 4.78 is 41.5. The lowest BCUT2D eigenvalue weighted by atomic mass is 10.3. The molecule has 0 spiro atoms. The van der Waals surface area contributed by atoms with Crippen molar-refractivity contribution < 1.29 is 12.8 Å². The molecule has 0 atom stereocenters. The lowest BCUT2D eigenvalue weighted by Crippen LogP contribution is -2.48. The predicted octanol–water partition coefficient (Wildman–Crippen LogP) is 3.92.